The molecular weight excluding hydrogens is 296 g/mol. The summed E-state index contributed by atoms with van der Waals surface area (Å²) in [5.74, 6) is -0.987. The highest BCUT2D eigenvalue weighted by Crippen LogP contribution is 2.06. The summed E-state index contributed by atoms with van der Waals surface area (Å²) in [4.78, 5) is 11.9. The van der Waals surface area contributed by atoms with Crippen molar-refractivity contribution in [2.45, 2.75) is 25.8 Å². The number of sulfonamides is 1. The Morgan fingerprint density at radius 3 is 2.57 bits per heavy atom. The molecule has 0 amide bonds. The van der Waals surface area contributed by atoms with Crippen molar-refractivity contribution in [1.82, 2.24) is 4.72 Å². The number of carbonyl (C=O) groups is 1. The SMILES string of the molecule is CCOC(=O)[C@H](Cc1ccccc1)NS(=O)(=O)CCC[18F]. The van der Waals surface area contributed by atoms with Crippen molar-refractivity contribution in [3.05, 3.63) is 35.9 Å². The average Bonchev–Trinajstić information content (AvgIpc) is 2.46. The molecule has 0 saturated heterocycles. The Balaban J connectivity index is 2.80. The van der Waals surface area contributed by atoms with E-state index in [4.69, 9.17) is 4.74 Å². The number of hydrogen-bond donors (Lipinski definition) is 1. The summed E-state index contributed by atoms with van der Waals surface area (Å²) in [7, 11) is -3.72. The molecule has 118 valence electrons. The van der Waals surface area contributed by atoms with E-state index in [1.165, 1.54) is 0 Å². The number of hydrogen-bond acceptors (Lipinski definition) is 4. The number of rotatable bonds is 9. The van der Waals surface area contributed by atoms with Gasteiger partial charge in [0.15, 0.2) is 0 Å². The molecule has 1 rings (SSSR count). The topological polar surface area (TPSA) is 72.5 Å². The molecule has 0 aromatic heterocycles. The predicted molar refractivity (Wildman–Crippen MR) is 78.1 cm³/mol. The molecule has 1 atom stereocenters. The molecule has 0 fully saturated rings. The number of carbonyl (C=O) groups excluding carboxylic acids is 1. The fourth-order valence-corrected chi connectivity index (χ4v) is 3.01. The van der Waals surface area contributed by atoms with Crippen LogP contribution in [0.25, 0.3) is 0 Å². The van der Waals surface area contributed by atoms with Gasteiger partial charge in [-0.2, -0.15) is 0 Å². The van der Waals surface area contributed by atoms with E-state index in [0.29, 0.717) is 0 Å². The molecule has 0 aliphatic rings. The Hall–Kier alpha value is -1.47. The van der Waals surface area contributed by atoms with Gasteiger partial charge in [0.05, 0.1) is 19.0 Å². The zero-order valence-electron chi connectivity index (χ0n) is 11.9. The molecule has 1 aromatic carbocycles. The van der Waals surface area contributed by atoms with Crippen molar-refractivity contribution in [2.75, 3.05) is 19.0 Å². The quantitative estimate of drug-likeness (QED) is 0.700. The van der Waals surface area contributed by atoms with Gasteiger partial charge in [-0.15, -0.1) is 0 Å². The van der Waals surface area contributed by atoms with Crippen molar-refractivity contribution in [3.8, 4) is 0 Å². The monoisotopic (exact) mass is 316 g/mol. The molecule has 1 aromatic rings. The Labute approximate surface area is 124 Å². The first kappa shape index (κ1) is 17.6. The minimum absolute atomic E-state index is 0.101. The van der Waals surface area contributed by atoms with Gasteiger partial charge in [-0.05, 0) is 25.3 Å². The van der Waals surface area contributed by atoms with Crippen LogP contribution in [0, 0.1) is 0 Å². The van der Waals surface area contributed by atoms with Crippen molar-refractivity contribution < 1.29 is 22.3 Å². The zero-order chi connectivity index (χ0) is 15.7. The first-order valence-electron chi connectivity index (χ1n) is 6.75. The van der Waals surface area contributed by atoms with Gasteiger partial charge >= 0.3 is 5.97 Å². The van der Waals surface area contributed by atoms with Gasteiger partial charge in [-0.25, -0.2) is 13.1 Å². The Kier molecular flexibility index (Phi) is 7.31. The third kappa shape index (κ3) is 6.68. The molecule has 0 saturated carbocycles. The van der Waals surface area contributed by atoms with Crippen LogP contribution in [0.3, 0.4) is 0 Å². The van der Waals surface area contributed by atoms with Crippen LogP contribution in [0.15, 0.2) is 30.3 Å². The van der Waals surface area contributed by atoms with Crippen LogP contribution in [-0.4, -0.2) is 39.5 Å². The van der Waals surface area contributed by atoms with Gasteiger partial charge in [-0.3, -0.25) is 9.18 Å². The van der Waals surface area contributed by atoms with Crippen molar-refractivity contribution in [1.29, 1.82) is 0 Å². The lowest BCUT2D eigenvalue weighted by Crippen LogP contribution is -2.44. The van der Waals surface area contributed by atoms with Gasteiger partial charge in [0.25, 0.3) is 0 Å². The smallest absolute Gasteiger partial charge is 0.324 e. The van der Waals surface area contributed by atoms with Crippen LogP contribution in [0.5, 0.6) is 0 Å². The summed E-state index contributed by atoms with van der Waals surface area (Å²) >= 11 is 0. The largest absolute Gasteiger partial charge is 0.465 e. The average molecular weight is 316 g/mol. The van der Waals surface area contributed by atoms with E-state index in [9.17, 15) is 17.6 Å². The molecule has 0 bridgehead atoms. The highest BCUT2D eigenvalue weighted by Gasteiger charge is 2.25. The van der Waals surface area contributed by atoms with Crippen molar-refractivity contribution in [2.24, 2.45) is 0 Å². The van der Waals surface area contributed by atoms with Crippen LogP contribution in [-0.2, 0) is 26.0 Å². The molecule has 0 radical (unpaired) electrons. The van der Waals surface area contributed by atoms with Gasteiger partial charge < -0.3 is 4.74 Å². The second-order valence-electron chi connectivity index (χ2n) is 4.47. The van der Waals surface area contributed by atoms with Crippen LogP contribution < -0.4 is 4.72 Å². The predicted octanol–water partition coefficient (Wildman–Crippen LogP) is 1.44. The molecule has 5 nitrogen and oxygen atoms in total. The second-order valence-corrected chi connectivity index (χ2v) is 6.35. The number of halogens is 1. The maximum atomic E-state index is 12.1. The maximum absolute atomic E-state index is 12.1. The lowest BCUT2D eigenvalue weighted by molar-refractivity contribution is -0.145. The van der Waals surface area contributed by atoms with E-state index in [0.717, 1.165) is 5.56 Å². The second kappa shape index (κ2) is 8.74. The van der Waals surface area contributed by atoms with Crippen LogP contribution in [0.1, 0.15) is 18.9 Å². The lowest BCUT2D eigenvalue weighted by atomic mass is 10.1. The van der Waals surface area contributed by atoms with Crippen LogP contribution in [0.2, 0.25) is 0 Å². The number of esters is 1. The number of alkyl halides is 1. The summed E-state index contributed by atoms with van der Waals surface area (Å²) in [6, 6.07) is 8.01. The third-order valence-electron chi connectivity index (χ3n) is 2.72. The summed E-state index contributed by atoms with van der Waals surface area (Å²) < 4.78 is 42.9. The molecule has 0 unspecified atom stereocenters. The van der Waals surface area contributed by atoms with E-state index in [2.05, 4.69) is 4.72 Å². The van der Waals surface area contributed by atoms with Gasteiger partial charge in [0.1, 0.15) is 6.04 Å². The molecule has 0 heterocycles. The summed E-state index contributed by atoms with van der Waals surface area (Å²) in [6.45, 7) is 1.09. The molecule has 7 heteroatoms. The fraction of sp³-hybridized carbons (Fsp3) is 0.500. The van der Waals surface area contributed by atoms with E-state index >= 15 is 0 Å². The normalized spacial score (nSPS) is 12.9. The standard InChI is InChI=1S/C14H20FNO4S/c1-2-20-14(17)13(11-12-7-4-3-5-8-12)16-21(18,19)10-6-9-15/h3-5,7-8,13,16H,2,6,9-11H2,1H3/t13-/m0/s1/i15-1. The maximum Gasteiger partial charge on any atom is 0.324 e. The van der Waals surface area contributed by atoms with Crippen LogP contribution in [0.4, 0.5) is 4.39 Å². The highest BCUT2D eigenvalue weighted by molar-refractivity contribution is 7.89. The lowest BCUT2D eigenvalue weighted by Gasteiger charge is -2.17. The number of ether oxygens (including phenoxy) is 1. The van der Waals surface area contributed by atoms with E-state index < -0.39 is 28.7 Å². The summed E-state index contributed by atoms with van der Waals surface area (Å²) in [6.07, 6.45) is 0.0880. The highest BCUT2D eigenvalue weighted by atomic mass is 32.2. The van der Waals surface area contributed by atoms with Gasteiger partial charge in [0, 0.05) is 0 Å². The van der Waals surface area contributed by atoms with E-state index in [1.54, 1.807) is 31.2 Å². The minimum atomic E-state index is -3.72. The fourth-order valence-electron chi connectivity index (χ4n) is 1.79. The van der Waals surface area contributed by atoms with E-state index in [1.807, 2.05) is 6.07 Å². The molecule has 0 aliphatic heterocycles. The minimum Gasteiger partial charge on any atom is -0.465 e. The van der Waals surface area contributed by atoms with Crippen molar-refractivity contribution in [3.63, 3.8) is 0 Å². The Morgan fingerprint density at radius 1 is 1.33 bits per heavy atom. The first-order chi connectivity index (χ1) is 9.98. The number of nitrogens with one attached hydrogen (secondary N) is 1. The molecule has 21 heavy (non-hydrogen) atoms. The van der Waals surface area contributed by atoms with Crippen LogP contribution >= 0.6 is 0 Å². The number of benzene rings is 1. The zero-order valence-corrected chi connectivity index (χ0v) is 12.7. The van der Waals surface area contributed by atoms with E-state index in [-0.39, 0.29) is 25.2 Å². The molecule has 0 aliphatic carbocycles. The Bertz CT molecular complexity index is 533. The third-order valence-corrected chi connectivity index (χ3v) is 4.19. The molecule has 1 N–H and O–H groups in total. The van der Waals surface area contributed by atoms with Gasteiger partial charge in [-0.1, -0.05) is 30.3 Å². The molecular formula is C14H20FNO4S. The molecule has 0 spiro atoms. The van der Waals surface area contributed by atoms with Gasteiger partial charge in [0.2, 0.25) is 10.0 Å². The Morgan fingerprint density at radius 2 is 2.00 bits per heavy atom. The summed E-state index contributed by atoms with van der Waals surface area (Å²) in [5.41, 5.74) is 0.809. The first-order valence-corrected chi connectivity index (χ1v) is 8.40. The van der Waals surface area contributed by atoms with Crippen molar-refractivity contribution >= 4 is 16.0 Å². The summed E-state index contributed by atoms with van der Waals surface area (Å²) in [5, 5.41) is 0.